The molecule has 0 fully saturated rings. The Morgan fingerprint density at radius 2 is 2.11 bits per heavy atom. The van der Waals surface area contributed by atoms with Crippen molar-refractivity contribution < 1.29 is 0 Å². The maximum absolute atomic E-state index is 3.91. The van der Waals surface area contributed by atoms with Crippen LogP contribution in [0.2, 0.25) is 0 Å². The first-order chi connectivity index (χ1) is 4.38. The molecule has 0 unspecified atom stereocenters. The van der Waals surface area contributed by atoms with E-state index in [0.717, 1.165) is 6.42 Å². The van der Waals surface area contributed by atoms with E-state index in [4.69, 9.17) is 0 Å². The molecule has 0 amide bonds. The van der Waals surface area contributed by atoms with Gasteiger partial charge in [0.15, 0.2) is 0 Å². The van der Waals surface area contributed by atoms with Crippen molar-refractivity contribution in [1.29, 1.82) is 0 Å². The Balaban J connectivity index is 2.52. The monoisotopic (exact) mass is 116 g/mol. The zero-order valence-corrected chi connectivity index (χ0v) is 5.22. The predicted molar refractivity (Wildman–Crippen MR) is 39.1 cm³/mol. The Morgan fingerprint density at radius 3 is 2.89 bits per heavy atom. The molecule has 0 N–H and O–H groups in total. The topological polar surface area (TPSA) is 0 Å². The van der Waals surface area contributed by atoms with Gasteiger partial charge in [-0.1, -0.05) is 30.9 Å². The summed E-state index contributed by atoms with van der Waals surface area (Å²) in [7, 11) is 0. The van der Waals surface area contributed by atoms with Crippen LogP contribution in [0.4, 0.5) is 0 Å². The normalized spacial score (nSPS) is 22.0. The van der Waals surface area contributed by atoms with Crippen molar-refractivity contribution in [3.63, 3.8) is 0 Å². The fraction of sp³-hybridized carbons (Fsp3) is 0.111. The van der Waals surface area contributed by atoms with E-state index >= 15 is 0 Å². The summed E-state index contributed by atoms with van der Waals surface area (Å²) >= 11 is 0. The second-order valence-electron chi connectivity index (χ2n) is 2.40. The molecular weight excluding hydrogens is 108 g/mol. The molecule has 0 heterocycles. The number of hydrogen-bond donors (Lipinski definition) is 0. The van der Waals surface area contributed by atoms with Crippen LogP contribution in [0.3, 0.4) is 0 Å². The third kappa shape index (κ3) is 0.531. The van der Waals surface area contributed by atoms with Crippen LogP contribution in [0.25, 0.3) is 0 Å². The molecule has 9 heavy (non-hydrogen) atoms. The standard InChI is InChI=1S/C9H8/c1-7-5-6-8-3-2-4-9(7)8/h2-3,5-6H,1,4H2. The van der Waals surface area contributed by atoms with Gasteiger partial charge in [0.1, 0.15) is 0 Å². The van der Waals surface area contributed by atoms with Crippen molar-refractivity contribution in [2.45, 2.75) is 6.42 Å². The van der Waals surface area contributed by atoms with Gasteiger partial charge in [-0.15, -0.1) is 0 Å². The van der Waals surface area contributed by atoms with Gasteiger partial charge in [0.2, 0.25) is 0 Å². The van der Waals surface area contributed by atoms with Crippen molar-refractivity contribution in [2.24, 2.45) is 0 Å². The summed E-state index contributed by atoms with van der Waals surface area (Å²) in [4.78, 5) is 0. The molecule has 2 aliphatic rings. The molecule has 0 aromatic carbocycles. The molecule has 0 saturated heterocycles. The highest BCUT2D eigenvalue weighted by Gasteiger charge is 2.12. The summed E-state index contributed by atoms with van der Waals surface area (Å²) in [5.41, 5.74) is 3.96. The van der Waals surface area contributed by atoms with Gasteiger partial charge in [-0.25, -0.2) is 0 Å². The lowest BCUT2D eigenvalue weighted by Gasteiger charge is -1.93. The van der Waals surface area contributed by atoms with E-state index in [-0.39, 0.29) is 0 Å². The maximum atomic E-state index is 3.91. The highest BCUT2D eigenvalue weighted by molar-refractivity contribution is 5.59. The Hall–Kier alpha value is -1.04. The van der Waals surface area contributed by atoms with E-state index < -0.39 is 0 Å². The summed E-state index contributed by atoms with van der Waals surface area (Å²) in [5.74, 6) is 0. The first kappa shape index (κ1) is 4.80. The molecular formula is C9H8. The smallest absolute Gasteiger partial charge is 0.00824 e. The summed E-state index contributed by atoms with van der Waals surface area (Å²) in [6.07, 6.45) is 9.62. The van der Waals surface area contributed by atoms with E-state index in [1.165, 1.54) is 16.7 Å². The van der Waals surface area contributed by atoms with Crippen LogP contribution >= 0.6 is 0 Å². The molecule has 0 aromatic heterocycles. The van der Waals surface area contributed by atoms with E-state index in [2.05, 4.69) is 30.9 Å². The van der Waals surface area contributed by atoms with Crippen LogP contribution in [-0.2, 0) is 0 Å². The zero-order chi connectivity index (χ0) is 6.27. The van der Waals surface area contributed by atoms with Crippen molar-refractivity contribution in [3.05, 3.63) is 47.6 Å². The molecule has 2 aliphatic carbocycles. The lowest BCUT2D eigenvalue weighted by molar-refractivity contribution is 1.30. The van der Waals surface area contributed by atoms with Gasteiger partial charge in [0.25, 0.3) is 0 Å². The summed E-state index contributed by atoms with van der Waals surface area (Å²) < 4.78 is 0. The van der Waals surface area contributed by atoms with Crippen molar-refractivity contribution in [3.8, 4) is 0 Å². The Morgan fingerprint density at radius 1 is 1.22 bits per heavy atom. The second-order valence-corrected chi connectivity index (χ2v) is 2.40. The molecule has 0 bridgehead atoms. The minimum Gasteiger partial charge on any atom is -0.0915 e. The average Bonchev–Trinajstić information content (AvgIpc) is 2.35. The molecule has 2 rings (SSSR count). The third-order valence-corrected chi connectivity index (χ3v) is 1.82. The minimum atomic E-state index is 1.08. The lowest BCUT2D eigenvalue weighted by Crippen LogP contribution is -1.75. The zero-order valence-electron chi connectivity index (χ0n) is 5.22. The first-order valence-corrected chi connectivity index (χ1v) is 3.15. The largest absolute Gasteiger partial charge is 0.0915 e. The van der Waals surface area contributed by atoms with Gasteiger partial charge < -0.3 is 0 Å². The molecule has 0 aliphatic heterocycles. The summed E-state index contributed by atoms with van der Waals surface area (Å²) in [6.45, 7) is 3.91. The van der Waals surface area contributed by atoms with Gasteiger partial charge in [-0.05, 0) is 23.1 Å². The van der Waals surface area contributed by atoms with E-state index in [1.807, 2.05) is 0 Å². The first-order valence-electron chi connectivity index (χ1n) is 3.15. The molecule has 0 spiro atoms. The third-order valence-electron chi connectivity index (χ3n) is 1.82. The minimum absolute atomic E-state index is 1.08. The van der Waals surface area contributed by atoms with Gasteiger partial charge >= 0.3 is 0 Å². The van der Waals surface area contributed by atoms with Gasteiger partial charge in [-0.2, -0.15) is 0 Å². The maximum Gasteiger partial charge on any atom is -0.00824 e. The quantitative estimate of drug-likeness (QED) is 0.455. The highest BCUT2D eigenvalue weighted by Crippen LogP contribution is 2.31. The average molecular weight is 116 g/mol. The number of allylic oxidation sites excluding steroid dienone is 7. The van der Waals surface area contributed by atoms with Crippen LogP contribution in [0.15, 0.2) is 47.6 Å². The molecule has 0 heteroatoms. The summed E-state index contributed by atoms with van der Waals surface area (Å²) in [5, 5.41) is 0. The van der Waals surface area contributed by atoms with Crippen molar-refractivity contribution in [1.82, 2.24) is 0 Å². The SMILES string of the molecule is C=C1C=CC2=C1CC=C2. The summed E-state index contributed by atoms with van der Waals surface area (Å²) in [6, 6.07) is 0. The van der Waals surface area contributed by atoms with Gasteiger partial charge in [0.05, 0.1) is 0 Å². The van der Waals surface area contributed by atoms with Crippen LogP contribution < -0.4 is 0 Å². The molecule has 0 aromatic rings. The Kier molecular flexibility index (Phi) is 0.786. The fourth-order valence-electron chi connectivity index (χ4n) is 1.29. The van der Waals surface area contributed by atoms with Gasteiger partial charge in [-0.3, -0.25) is 0 Å². The van der Waals surface area contributed by atoms with E-state index in [1.54, 1.807) is 0 Å². The van der Waals surface area contributed by atoms with Crippen LogP contribution in [0.1, 0.15) is 6.42 Å². The van der Waals surface area contributed by atoms with Gasteiger partial charge in [0, 0.05) is 0 Å². The second kappa shape index (κ2) is 1.47. The van der Waals surface area contributed by atoms with E-state index in [0.29, 0.717) is 0 Å². The predicted octanol–water partition coefficient (Wildman–Crippen LogP) is 2.37. The molecule has 0 radical (unpaired) electrons. The fourth-order valence-corrected chi connectivity index (χ4v) is 1.29. The number of rotatable bonds is 0. The van der Waals surface area contributed by atoms with Crippen LogP contribution in [-0.4, -0.2) is 0 Å². The van der Waals surface area contributed by atoms with Crippen LogP contribution in [0.5, 0.6) is 0 Å². The van der Waals surface area contributed by atoms with Crippen molar-refractivity contribution >= 4 is 0 Å². The number of hydrogen-bond acceptors (Lipinski definition) is 0. The Bertz CT molecular complexity index is 249. The molecule has 0 atom stereocenters. The lowest BCUT2D eigenvalue weighted by atomic mass is 10.1. The highest BCUT2D eigenvalue weighted by atomic mass is 14.2. The van der Waals surface area contributed by atoms with E-state index in [9.17, 15) is 0 Å². The van der Waals surface area contributed by atoms with Crippen LogP contribution in [0, 0.1) is 0 Å². The molecule has 0 nitrogen and oxygen atoms in total. The Labute approximate surface area is 54.9 Å². The molecule has 0 saturated carbocycles. The van der Waals surface area contributed by atoms with Crippen molar-refractivity contribution in [2.75, 3.05) is 0 Å². The molecule has 44 valence electrons.